The second-order valence-corrected chi connectivity index (χ2v) is 4.06. The van der Waals surface area contributed by atoms with Gasteiger partial charge in [-0.05, 0) is 31.2 Å². The number of nitrogens with zero attached hydrogens (tertiary/aromatic N) is 3. The Bertz CT molecular complexity index is 436. The lowest BCUT2D eigenvalue weighted by molar-refractivity contribution is 0.693. The second kappa shape index (κ2) is 6.15. The average Bonchev–Trinajstić information content (AvgIpc) is 2.83. The zero-order valence-electron chi connectivity index (χ0n) is 10.1. The van der Waals surface area contributed by atoms with Crippen LogP contribution in [-0.2, 0) is 19.4 Å². The molecule has 90 valence electrons. The first-order valence-corrected chi connectivity index (χ1v) is 5.92. The molecule has 2 aromatic rings. The van der Waals surface area contributed by atoms with Crippen molar-refractivity contribution in [2.45, 2.75) is 19.4 Å². The van der Waals surface area contributed by atoms with Gasteiger partial charge in [-0.15, -0.1) is 0 Å². The van der Waals surface area contributed by atoms with Crippen LogP contribution in [0, 0.1) is 0 Å². The van der Waals surface area contributed by atoms with E-state index in [-0.39, 0.29) is 0 Å². The number of rotatable bonds is 6. The Morgan fingerprint density at radius 2 is 2.06 bits per heavy atom. The van der Waals surface area contributed by atoms with Crippen LogP contribution in [0.15, 0.2) is 37.1 Å². The molecule has 0 atom stereocenters. The van der Waals surface area contributed by atoms with Gasteiger partial charge >= 0.3 is 0 Å². The molecule has 0 saturated carbocycles. The molecule has 0 bridgehead atoms. The van der Waals surface area contributed by atoms with Crippen LogP contribution in [0.1, 0.15) is 11.3 Å². The van der Waals surface area contributed by atoms with Crippen LogP contribution < -0.4 is 5.32 Å². The Morgan fingerprint density at radius 3 is 2.82 bits per heavy atom. The minimum absolute atomic E-state index is 0.969. The van der Waals surface area contributed by atoms with E-state index in [9.17, 15) is 0 Å². The van der Waals surface area contributed by atoms with Gasteiger partial charge in [0, 0.05) is 38.1 Å². The third-order valence-corrected chi connectivity index (χ3v) is 2.73. The quantitative estimate of drug-likeness (QED) is 0.813. The normalized spacial score (nSPS) is 10.6. The van der Waals surface area contributed by atoms with E-state index in [1.165, 1.54) is 5.56 Å². The van der Waals surface area contributed by atoms with Crippen molar-refractivity contribution in [3.05, 3.63) is 48.3 Å². The summed E-state index contributed by atoms with van der Waals surface area (Å²) in [6.07, 6.45) is 9.71. The number of nitrogens with one attached hydrogen (secondary N) is 1. The Kier molecular flexibility index (Phi) is 4.27. The topological polar surface area (TPSA) is 42.7 Å². The Balaban J connectivity index is 1.85. The SMILES string of the molecule is CNCCc1cn(CCc2ccncc2)cn1. The maximum absolute atomic E-state index is 4.38. The molecule has 0 fully saturated rings. The Hall–Kier alpha value is -1.68. The molecule has 2 heterocycles. The number of hydrogen-bond acceptors (Lipinski definition) is 3. The lowest BCUT2D eigenvalue weighted by Crippen LogP contribution is -2.10. The molecule has 0 aromatic carbocycles. The zero-order valence-corrected chi connectivity index (χ0v) is 10.1. The fraction of sp³-hybridized carbons (Fsp3) is 0.385. The van der Waals surface area contributed by atoms with E-state index in [1.807, 2.05) is 25.8 Å². The first-order valence-electron chi connectivity index (χ1n) is 5.92. The van der Waals surface area contributed by atoms with Crippen molar-refractivity contribution in [1.82, 2.24) is 19.9 Å². The molecule has 0 radical (unpaired) electrons. The van der Waals surface area contributed by atoms with Gasteiger partial charge in [0.15, 0.2) is 0 Å². The molecule has 0 amide bonds. The fourth-order valence-electron chi connectivity index (χ4n) is 1.72. The van der Waals surface area contributed by atoms with Crippen LogP contribution in [0.5, 0.6) is 0 Å². The highest BCUT2D eigenvalue weighted by Gasteiger charge is 1.98. The van der Waals surface area contributed by atoms with Crippen LogP contribution in [0.2, 0.25) is 0 Å². The van der Waals surface area contributed by atoms with Gasteiger partial charge in [0.25, 0.3) is 0 Å². The molecular formula is C13H18N4. The van der Waals surface area contributed by atoms with Gasteiger partial charge in [-0.1, -0.05) is 0 Å². The molecule has 0 saturated heterocycles. The predicted molar refractivity (Wildman–Crippen MR) is 67.8 cm³/mol. The summed E-state index contributed by atoms with van der Waals surface area (Å²) in [6, 6.07) is 4.11. The van der Waals surface area contributed by atoms with E-state index in [4.69, 9.17) is 0 Å². The molecule has 4 heteroatoms. The highest BCUT2D eigenvalue weighted by atomic mass is 15.0. The fourth-order valence-corrected chi connectivity index (χ4v) is 1.72. The van der Waals surface area contributed by atoms with E-state index < -0.39 is 0 Å². The van der Waals surface area contributed by atoms with Crippen molar-refractivity contribution < 1.29 is 0 Å². The number of hydrogen-bond donors (Lipinski definition) is 1. The molecule has 0 spiro atoms. The Labute approximate surface area is 102 Å². The van der Waals surface area contributed by atoms with E-state index >= 15 is 0 Å². The molecule has 0 aliphatic heterocycles. The number of imidazole rings is 1. The maximum atomic E-state index is 4.38. The minimum Gasteiger partial charge on any atom is -0.337 e. The van der Waals surface area contributed by atoms with Crippen molar-refractivity contribution in [3.63, 3.8) is 0 Å². The van der Waals surface area contributed by atoms with Crippen molar-refractivity contribution in [2.24, 2.45) is 0 Å². The summed E-state index contributed by atoms with van der Waals surface area (Å²) >= 11 is 0. The van der Waals surface area contributed by atoms with E-state index in [0.29, 0.717) is 0 Å². The summed E-state index contributed by atoms with van der Waals surface area (Å²) in [5, 5.41) is 3.13. The monoisotopic (exact) mass is 230 g/mol. The summed E-state index contributed by atoms with van der Waals surface area (Å²) < 4.78 is 2.14. The predicted octanol–water partition coefficient (Wildman–Crippen LogP) is 1.28. The second-order valence-electron chi connectivity index (χ2n) is 4.06. The van der Waals surface area contributed by atoms with Gasteiger partial charge in [-0.2, -0.15) is 0 Å². The molecule has 1 N–H and O–H groups in total. The standard InChI is InChI=1S/C13H18N4/c1-14-6-4-13-10-17(11-16-13)9-5-12-2-7-15-8-3-12/h2-3,7-8,10-11,14H,4-6,9H2,1H3. The molecule has 2 rings (SSSR count). The minimum atomic E-state index is 0.969. The van der Waals surface area contributed by atoms with Crippen molar-refractivity contribution >= 4 is 0 Å². The van der Waals surface area contributed by atoms with Crippen LogP contribution in [-0.4, -0.2) is 28.1 Å². The van der Waals surface area contributed by atoms with Crippen molar-refractivity contribution in [1.29, 1.82) is 0 Å². The van der Waals surface area contributed by atoms with Gasteiger partial charge in [0.2, 0.25) is 0 Å². The van der Waals surface area contributed by atoms with E-state index in [1.54, 1.807) is 0 Å². The molecule has 4 nitrogen and oxygen atoms in total. The van der Waals surface area contributed by atoms with Gasteiger partial charge in [-0.25, -0.2) is 4.98 Å². The van der Waals surface area contributed by atoms with Crippen LogP contribution in [0.4, 0.5) is 0 Å². The van der Waals surface area contributed by atoms with Crippen LogP contribution in [0.3, 0.4) is 0 Å². The van der Waals surface area contributed by atoms with Gasteiger partial charge < -0.3 is 9.88 Å². The van der Waals surface area contributed by atoms with Gasteiger partial charge in [-0.3, -0.25) is 4.98 Å². The van der Waals surface area contributed by atoms with Crippen LogP contribution >= 0.6 is 0 Å². The highest BCUT2D eigenvalue weighted by molar-refractivity contribution is 5.09. The lowest BCUT2D eigenvalue weighted by Gasteiger charge is -2.01. The first kappa shape index (κ1) is 11.8. The molecule has 2 aromatic heterocycles. The number of likely N-dealkylation sites (N-methyl/N-ethyl adjacent to an activating group) is 1. The summed E-state index contributed by atoms with van der Waals surface area (Å²) in [4.78, 5) is 8.39. The third-order valence-electron chi connectivity index (χ3n) is 2.73. The molecular weight excluding hydrogens is 212 g/mol. The molecule has 0 unspecified atom stereocenters. The molecule has 0 aliphatic rings. The maximum Gasteiger partial charge on any atom is 0.0949 e. The lowest BCUT2D eigenvalue weighted by atomic mass is 10.2. The first-order chi connectivity index (χ1) is 8.38. The van der Waals surface area contributed by atoms with E-state index in [0.717, 1.165) is 31.6 Å². The van der Waals surface area contributed by atoms with E-state index in [2.05, 4.69) is 38.2 Å². The average molecular weight is 230 g/mol. The largest absolute Gasteiger partial charge is 0.337 e. The summed E-state index contributed by atoms with van der Waals surface area (Å²) in [5.41, 5.74) is 2.46. The third kappa shape index (κ3) is 3.67. The Morgan fingerprint density at radius 1 is 1.24 bits per heavy atom. The highest BCUT2D eigenvalue weighted by Crippen LogP contribution is 2.02. The molecule has 17 heavy (non-hydrogen) atoms. The van der Waals surface area contributed by atoms with Gasteiger partial charge in [0.1, 0.15) is 0 Å². The number of aryl methyl sites for hydroxylation is 2. The summed E-state index contributed by atoms with van der Waals surface area (Å²) in [5.74, 6) is 0. The zero-order chi connectivity index (χ0) is 11.9. The molecule has 0 aliphatic carbocycles. The number of aromatic nitrogens is 3. The van der Waals surface area contributed by atoms with Gasteiger partial charge in [0.05, 0.1) is 12.0 Å². The van der Waals surface area contributed by atoms with Crippen molar-refractivity contribution in [2.75, 3.05) is 13.6 Å². The van der Waals surface area contributed by atoms with Crippen molar-refractivity contribution in [3.8, 4) is 0 Å². The van der Waals surface area contributed by atoms with Crippen LogP contribution in [0.25, 0.3) is 0 Å². The smallest absolute Gasteiger partial charge is 0.0949 e. The summed E-state index contributed by atoms with van der Waals surface area (Å²) in [6.45, 7) is 1.94. The summed E-state index contributed by atoms with van der Waals surface area (Å²) in [7, 11) is 1.96. The number of pyridine rings is 1.